The second-order valence-corrected chi connectivity index (χ2v) is 9.92. The molecule has 1 amide bonds. The first-order valence-corrected chi connectivity index (χ1v) is 12.9. The summed E-state index contributed by atoms with van der Waals surface area (Å²) in [5.41, 5.74) is 5.68. The Morgan fingerprint density at radius 1 is 0.895 bits per heavy atom. The van der Waals surface area contributed by atoms with E-state index >= 15 is 0 Å². The van der Waals surface area contributed by atoms with Crippen LogP contribution in [0.4, 0.5) is 0 Å². The molecule has 6 nitrogen and oxygen atoms in total. The van der Waals surface area contributed by atoms with Crippen LogP contribution in [-0.4, -0.2) is 25.2 Å². The van der Waals surface area contributed by atoms with E-state index in [1.807, 2.05) is 36.4 Å². The molecule has 7 heteroatoms. The zero-order valence-electron chi connectivity index (χ0n) is 20.6. The Morgan fingerprint density at radius 2 is 1.53 bits per heavy atom. The van der Waals surface area contributed by atoms with E-state index in [0.717, 1.165) is 15.6 Å². The molecule has 4 aromatic rings. The number of methoxy groups -OCH3 is 1. The Labute approximate surface area is 229 Å². The fraction of sp³-hybridized carbons (Fsp3) is 0.129. The van der Waals surface area contributed by atoms with E-state index in [9.17, 15) is 9.59 Å². The summed E-state index contributed by atoms with van der Waals surface area (Å²) in [4.78, 5) is 25.6. The molecular weight excluding hydrogens is 544 g/mol. The van der Waals surface area contributed by atoms with Crippen molar-refractivity contribution >= 4 is 34.0 Å². The minimum atomic E-state index is -0.491. The predicted molar refractivity (Wildman–Crippen MR) is 150 cm³/mol. The van der Waals surface area contributed by atoms with Crippen LogP contribution < -0.4 is 14.9 Å². The number of esters is 1. The number of hydrogen-bond acceptors (Lipinski definition) is 5. The fourth-order valence-electron chi connectivity index (χ4n) is 4.70. The number of hydrogen-bond donors (Lipinski definition) is 1. The highest BCUT2D eigenvalue weighted by Crippen LogP contribution is 2.58. The number of rotatable bonds is 8. The van der Waals surface area contributed by atoms with Gasteiger partial charge < -0.3 is 9.47 Å². The summed E-state index contributed by atoms with van der Waals surface area (Å²) in [6, 6.07) is 32.2. The molecule has 0 heterocycles. The van der Waals surface area contributed by atoms with E-state index in [-0.39, 0.29) is 23.0 Å². The molecule has 1 N–H and O–H groups in total. The SMILES string of the molecule is COc1cc(C=NNC(=O)[C@@H]2CC2(c2ccccc2)c2ccccc2)ccc1OC(=O)c1ccc(Br)cc1. The van der Waals surface area contributed by atoms with Crippen molar-refractivity contribution < 1.29 is 19.1 Å². The maximum absolute atomic E-state index is 13.1. The minimum absolute atomic E-state index is 0.138. The van der Waals surface area contributed by atoms with Crippen LogP contribution in [0, 0.1) is 5.92 Å². The summed E-state index contributed by atoms with van der Waals surface area (Å²) in [5, 5.41) is 4.19. The van der Waals surface area contributed by atoms with Gasteiger partial charge in [-0.15, -0.1) is 0 Å². The number of benzene rings is 4. The molecule has 0 aromatic heterocycles. The fourth-order valence-corrected chi connectivity index (χ4v) is 4.96. The topological polar surface area (TPSA) is 77.0 Å². The molecule has 0 bridgehead atoms. The Hall–Kier alpha value is -4.23. The smallest absolute Gasteiger partial charge is 0.343 e. The van der Waals surface area contributed by atoms with Gasteiger partial charge in [0.1, 0.15) is 0 Å². The molecular formula is C31H25BrN2O4. The Balaban J connectivity index is 1.26. The molecule has 1 saturated carbocycles. The van der Waals surface area contributed by atoms with Crippen molar-refractivity contribution in [2.45, 2.75) is 11.8 Å². The summed E-state index contributed by atoms with van der Waals surface area (Å²) >= 11 is 3.35. The van der Waals surface area contributed by atoms with Gasteiger partial charge in [0.2, 0.25) is 5.91 Å². The van der Waals surface area contributed by atoms with Crippen molar-refractivity contribution in [3.05, 3.63) is 130 Å². The van der Waals surface area contributed by atoms with Gasteiger partial charge in [0.25, 0.3) is 0 Å². The van der Waals surface area contributed by atoms with Crippen molar-refractivity contribution in [1.29, 1.82) is 0 Å². The van der Waals surface area contributed by atoms with Crippen molar-refractivity contribution in [3.63, 3.8) is 0 Å². The molecule has 1 atom stereocenters. The van der Waals surface area contributed by atoms with Gasteiger partial charge in [-0.1, -0.05) is 76.6 Å². The van der Waals surface area contributed by atoms with Crippen molar-refractivity contribution in [3.8, 4) is 11.5 Å². The minimum Gasteiger partial charge on any atom is -0.493 e. The quantitative estimate of drug-likeness (QED) is 0.120. The molecule has 0 aliphatic heterocycles. The first-order chi connectivity index (χ1) is 18.5. The summed E-state index contributed by atoms with van der Waals surface area (Å²) in [6.45, 7) is 0. The third-order valence-corrected chi connectivity index (χ3v) is 7.24. The van der Waals surface area contributed by atoms with E-state index in [0.29, 0.717) is 23.3 Å². The number of nitrogens with zero attached hydrogens (tertiary/aromatic N) is 1. The second kappa shape index (κ2) is 11.0. The van der Waals surface area contributed by atoms with Gasteiger partial charge in [0.15, 0.2) is 11.5 Å². The van der Waals surface area contributed by atoms with Crippen LogP contribution in [0.3, 0.4) is 0 Å². The first-order valence-electron chi connectivity index (χ1n) is 12.1. The zero-order valence-corrected chi connectivity index (χ0v) is 22.2. The predicted octanol–water partition coefficient (Wildman–Crippen LogP) is 6.13. The molecule has 0 spiro atoms. The molecule has 1 aliphatic carbocycles. The molecule has 0 unspecified atom stereocenters. The van der Waals surface area contributed by atoms with Crippen LogP contribution in [0.25, 0.3) is 0 Å². The van der Waals surface area contributed by atoms with E-state index in [1.54, 1.807) is 42.5 Å². The Kier molecular flexibility index (Phi) is 7.38. The largest absolute Gasteiger partial charge is 0.493 e. The third kappa shape index (κ3) is 5.24. The van der Waals surface area contributed by atoms with E-state index in [4.69, 9.17) is 9.47 Å². The van der Waals surface area contributed by atoms with Gasteiger partial charge in [-0.05, 0) is 65.6 Å². The van der Waals surface area contributed by atoms with Crippen molar-refractivity contribution in [2.24, 2.45) is 11.0 Å². The van der Waals surface area contributed by atoms with Gasteiger partial charge in [-0.3, -0.25) is 4.79 Å². The number of amides is 1. The number of halogens is 1. The lowest BCUT2D eigenvalue weighted by Crippen LogP contribution is -2.25. The molecule has 4 aromatic carbocycles. The highest BCUT2D eigenvalue weighted by Gasteiger charge is 2.60. The van der Waals surface area contributed by atoms with Gasteiger partial charge in [-0.25, -0.2) is 10.2 Å². The molecule has 1 fully saturated rings. The average molecular weight is 569 g/mol. The van der Waals surface area contributed by atoms with E-state index in [2.05, 4.69) is 50.7 Å². The van der Waals surface area contributed by atoms with E-state index in [1.165, 1.54) is 13.3 Å². The van der Waals surface area contributed by atoms with Gasteiger partial charge in [0, 0.05) is 9.89 Å². The lowest BCUT2D eigenvalue weighted by Gasteiger charge is -2.18. The maximum Gasteiger partial charge on any atom is 0.343 e. The maximum atomic E-state index is 13.1. The summed E-state index contributed by atoms with van der Waals surface area (Å²) in [7, 11) is 1.49. The number of nitrogens with one attached hydrogen (secondary N) is 1. The zero-order chi connectivity index (χ0) is 26.5. The van der Waals surface area contributed by atoms with Gasteiger partial charge in [0.05, 0.1) is 24.8 Å². The molecule has 1 aliphatic rings. The van der Waals surface area contributed by atoms with Crippen LogP contribution in [-0.2, 0) is 10.2 Å². The third-order valence-electron chi connectivity index (χ3n) is 6.71. The molecule has 190 valence electrons. The Bertz CT molecular complexity index is 1430. The van der Waals surface area contributed by atoms with Gasteiger partial charge >= 0.3 is 5.97 Å². The highest BCUT2D eigenvalue weighted by molar-refractivity contribution is 9.10. The molecule has 0 saturated heterocycles. The summed E-state index contributed by atoms with van der Waals surface area (Å²) in [5.74, 6) is -0.190. The van der Waals surface area contributed by atoms with Crippen molar-refractivity contribution in [2.75, 3.05) is 7.11 Å². The molecule has 38 heavy (non-hydrogen) atoms. The number of hydrazone groups is 1. The number of carbonyl (C=O) groups excluding carboxylic acids is 2. The second-order valence-electron chi connectivity index (χ2n) is 9.00. The monoisotopic (exact) mass is 568 g/mol. The van der Waals surface area contributed by atoms with E-state index < -0.39 is 5.97 Å². The van der Waals surface area contributed by atoms with Crippen molar-refractivity contribution in [1.82, 2.24) is 5.43 Å². The van der Waals surface area contributed by atoms with Crippen LogP contribution in [0.2, 0.25) is 0 Å². The first kappa shape index (κ1) is 25.4. The Morgan fingerprint density at radius 3 is 2.13 bits per heavy atom. The molecule has 0 radical (unpaired) electrons. The summed E-state index contributed by atoms with van der Waals surface area (Å²) in [6.07, 6.45) is 2.25. The summed E-state index contributed by atoms with van der Waals surface area (Å²) < 4.78 is 11.8. The molecule has 5 rings (SSSR count). The van der Waals surface area contributed by atoms with Crippen LogP contribution >= 0.6 is 15.9 Å². The van der Waals surface area contributed by atoms with Crippen LogP contribution in [0.1, 0.15) is 33.5 Å². The van der Waals surface area contributed by atoms with Crippen LogP contribution in [0.5, 0.6) is 11.5 Å². The normalized spacial score (nSPS) is 15.6. The van der Waals surface area contributed by atoms with Gasteiger partial charge in [-0.2, -0.15) is 5.10 Å². The van der Waals surface area contributed by atoms with Crippen LogP contribution in [0.15, 0.2) is 113 Å². The average Bonchev–Trinajstić information content (AvgIpc) is 3.72. The number of carbonyl (C=O) groups is 2. The standard InChI is InChI=1S/C31H25BrN2O4/c1-37-28-18-21(12-17-27(28)38-30(36)22-13-15-25(32)16-14-22)20-33-34-29(35)26-19-31(26,23-8-4-2-5-9-23)24-10-6-3-7-11-24/h2-18,20,26H,19H2,1H3,(H,34,35)/t26-/m0/s1. The lowest BCUT2D eigenvalue weighted by atomic mass is 9.85. The highest BCUT2D eigenvalue weighted by atomic mass is 79.9. The number of ether oxygens (including phenoxy) is 2. The lowest BCUT2D eigenvalue weighted by molar-refractivity contribution is -0.122.